The van der Waals surface area contributed by atoms with Crippen molar-refractivity contribution in [2.75, 3.05) is 27.2 Å². The molecule has 1 aliphatic heterocycles. The summed E-state index contributed by atoms with van der Waals surface area (Å²) in [5.41, 5.74) is 1.44. The molecule has 0 unspecified atom stereocenters. The van der Waals surface area contributed by atoms with Gasteiger partial charge in [0.15, 0.2) is 0 Å². The number of piperidine rings is 1. The lowest BCUT2D eigenvalue weighted by atomic mass is 9.89. The highest BCUT2D eigenvalue weighted by molar-refractivity contribution is 5.20. The fourth-order valence-corrected chi connectivity index (χ4v) is 2.40. The highest BCUT2D eigenvalue weighted by atomic mass is 16.5. The molecule has 82 valence electrons. The van der Waals surface area contributed by atoms with Crippen molar-refractivity contribution >= 4 is 0 Å². The molecule has 0 amide bonds. The van der Waals surface area contributed by atoms with Gasteiger partial charge in [-0.15, -0.1) is 0 Å². The Bertz CT molecular complexity index is 299. The van der Waals surface area contributed by atoms with Gasteiger partial charge in [0.25, 0.3) is 0 Å². The van der Waals surface area contributed by atoms with E-state index in [1.54, 1.807) is 0 Å². The summed E-state index contributed by atoms with van der Waals surface area (Å²) in [5, 5.41) is 0. The van der Waals surface area contributed by atoms with Crippen LogP contribution in [0.2, 0.25) is 0 Å². The minimum absolute atomic E-state index is 0.383. The zero-order valence-corrected chi connectivity index (χ0v) is 9.52. The van der Waals surface area contributed by atoms with Gasteiger partial charge in [-0.2, -0.15) is 0 Å². The molecule has 0 bridgehead atoms. The zero-order chi connectivity index (χ0) is 10.7. The van der Waals surface area contributed by atoms with Crippen molar-refractivity contribution in [1.29, 1.82) is 0 Å². The van der Waals surface area contributed by atoms with Crippen molar-refractivity contribution in [1.82, 2.24) is 4.90 Å². The molecular weight excluding hydrogens is 186 g/mol. The third-order valence-electron chi connectivity index (χ3n) is 3.20. The molecule has 2 heteroatoms. The average molecular weight is 205 g/mol. The predicted molar refractivity (Wildman–Crippen MR) is 62.1 cm³/mol. The van der Waals surface area contributed by atoms with Crippen LogP contribution in [-0.4, -0.2) is 38.3 Å². The lowest BCUT2D eigenvalue weighted by Crippen LogP contribution is -2.40. The maximum atomic E-state index is 5.47. The van der Waals surface area contributed by atoms with E-state index in [1.807, 2.05) is 7.11 Å². The molecule has 0 saturated carbocycles. The van der Waals surface area contributed by atoms with Crippen molar-refractivity contribution in [2.24, 2.45) is 0 Å². The van der Waals surface area contributed by atoms with E-state index in [9.17, 15) is 0 Å². The number of likely N-dealkylation sites (N-methyl/N-ethyl adjacent to an activating group) is 1. The average Bonchev–Trinajstić information content (AvgIpc) is 2.29. The number of likely N-dealkylation sites (tertiary alicyclic amines) is 1. The molecule has 1 aromatic rings. The molecule has 1 aliphatic rings. The number of hydrogen-bond donors (Lipinski definition) is 0. The van der Waals surface area contributed by atoms with Crippen molar-refractivity contribution < 1.29 is 4.74 Å². The van der Waals surface area contributed by atoms with Gasteiger partial charge in [-0.25, -0.2) is 0 Å². The van der Waals surface area contributed by atoms with Crippen molar-refractivity contribution in [2.45, 2.75) is 18.4 Å². The van der Waals surface area contributed by atoms with E-state index in [1.165, 1.54) is 5.56 Å². The Hall–Kier alpha value is -0.860. The SMILES string of the molecule is CO[C@@H]1C[C@H](c2ccccc2)CN(C)C1. The Labute approximate surface area is 91.9 Å². The molecule has 1 aromatic carbocycles. The molecule has 0 N–H and O–H groups in total. The van der Waals surface area contributed by atoms with Gasteiger partial charge in [0.1, 0.15) is 0 Å². The van der Waals surface area contributed by atoms with Crippen LogP contribution in [0.25, 0.3) is 0 Å². The summed E-state index contributed by atoms with van der Waals surface area (Å²) in [7, 11) is 3.98. The summed E-state index contributed by atoms with van der Waals surface area (Å²) in [6, 6.07) is 10.7. The van der Waals surface area contributed by atoms with Crippen LogP contribution in [-0.2, 0) is 4.74 Å². The van der Waals surface area contributed by atoms with Crippen LogP contribution in [0.4, 0.5) is 0 Å². The standard InChI is InChI=1S/C13H19NO/c1-14-9-12(8-13(10-14)15-2)11-6-4-3-5-7-11/h3-7,12-13H,8-10H2,1-2H3/t12-,13+/m0/s1. The van der Waals surface area contributed by atoms with E-state index in [2.05, 4.69) is 42.3 Å². The molecule has 0 radical (unpaired) electrons. The van der Waals surface area contributed by atoms with Crippen LogP contribution in [0.5, 0.6) is 0 Å². The third kappa shape index (κ3) is 2.58. The maximum absolute atomic E-state index is 5.47. The third-order valence-corrected chi connectivity index (χ3v) is 3.20. The molecule has 1 saturated heterocycles. The minimum Gasteiger partial charge on any atom is -0.380 e. The van der Waals surface area contributed by atoms with E-state index in [0.29, 0.717) is 12.0 Å². The molecule has 15 heavy (non-hydrogen) atoms. The summed E-state index contributed by atoms with van der Waals surface area (Å²) in [6.45, 7) is 2.20. The predicted octanol–water partition coefficient (Wildman–Crippen LogP) is 2.12. The van der Waals surface area contributed by atoms with Gasteiger partial charge in [-0.1, -0.05) is 30.3 Å². The largest absolute Gasteiger partial charge is 0.380 e. The molecule has 0 aromatic heterocycles. The number of methoxy groups -OCH3 is 1. The minimum atomic E-state index is 0.383. The van der Waals surface area contributed by atoms with Gasteiger partial charge < -0.3 is 9.64 Å². The number of hydrogen-bond acceptors (Lipinski definition) is 2. The first-order valence-electron chi connectivity index (χ1n) is 5.56. The number of ether oxygens (including phenoxy) is 1. The van der Waals surface area contributed by atoms with E-state index in [4.69, 9.17) is 4.74 Å². The van der Waals surface area contributed by atoms with Crippen molar-refractivity contribution in [3.8, 4) is 0 Å². The smallest absolute Gasteiger partial charge is 0.0704 e. The second kappa shape index (κ2) is 4.77. The zero-order valence-electron chi connectivity index (χ0n) is 9.52. The van der Waals surface area contributed by atoms with Crippen LogP contribution < -0.4 is 0 Å². The normalized spacial score (nSPS) is 27.9. The van der Waals surface area contributed by atoms with Crippen molar-refractivity contribution in [3.05, 3.63) is 35.9 Å². The van der Waals surface area contributed by atoms with Crippen LogP contribution in [0.1, 0.15) is 17.9 Å². The maximum Gasteiger partial charge on any atom is 0.0704 e. The summed E-state index contributed by atoms with van der Waals surface area (Å²) in [4.78, 5) is 2.36. The first-order valence-corrected chi connectivity index (χ1v) is 5.56. The fourth-order valence-electron chi connectivity index (χ4n) is 2.40. The second-order valence-corrected chi connectivity index (χ2v) is 4.42. The molecule has 0 spiro atoms. The van der Waals surface area contributed by atoms with E-state index in [-0.39, 0.29) is 0 Å². The second-order valence-electron chi connectivity index (χ2n) is 4.42. The first kappa shape index (κ1) is 10.7. The molecule has 2 atom stereocenters. The molecular formula is C13H19NO. The van der Waals surface area contributed by atoms with Gasteiger partial charge in [-0.3, -0.25) is 0 Å². The quantitative estimate of drug-likeness (QED) is 0.733. The van der Waals surface area contributed by atoms with Crippen molar-refractivity contribution in [3.63, 3.8) is 0 Å². The lowest BCUT2D eigenvalue weighted by Gasteiger charge is -2.35. The Morgan fingerprint density at radius 2 is 1.93 bits per heavy atom. The van der Waals surface area contributed by atoms with Crippen LogP contribution in [0.3, 0.4) is 0 Å². The van der Waals surface area contributed by atoms with Crippen LogP contribution >= 0.6 is 0 Å². The summed E-state index contributed by atoms with van der Waals surface area (Å²) >= 11 is 0. The fraction of sp³-hybridized carbons (Fsp3) is 0.538. The topological polar surface area (TPSA) is 12.5 Å². The highest BCUT2D eigenvalue weighted by Crippen LogP contribution is 2.27. The monoisotopic (exact) mass is 205 g/mol. The molecule has 0 aliphatic carbocycles. The first-order chi connectivity index (χ1) is 7.29. The Kier molecular flexibility index (Phi) is 3.39. The Morgan fingerprint density at radius 3 is 2.60 bits per heavy atom. The number of rotatable bonds is 2. The van der Waals surface area contributed by atoms with Crippen LogP contribution in [0.15, 0.2) is 30.3 Å². The molecule has 1 fully saturated rings. The van der Waals surface area contributed by atoms with Crippen LogP contribution in [0, 0.1) is 0 Å². The highest BCUT2D eigenvalue weighted by Gasteiger charge is 2.25. The van der Waals surface area contributed by atoms with Gasteiger partial charge >= 0.3 is 0 Å². The van der Waals surface area contributed by atoms with Gasteiger partial charge in [0.2, 0.25) is 0 Å². The summed E-state index contributed by atoms with van der Waals surface area (Å²) < 4.78 is 5.47. The number of nitrogens with zero attached hydrogens (tertiary/aromatic N) is 1. The van der Waals surface area contributed by atoms with E-state index < -0.39 is 0 Å². The van der Waals surface area contributed by atoms with Gasteiger partial charge in [0.05, 0.1) is 6.10 Å². The van der Waals surface area contributed by atoms with Gasteiger partial charge in [0, 0.05) is 20.2 Å². The summed E-state index contributed by atoms with van der Waals surface area (Å²) in [6.07, 6.45) is 1.53. The Morgan fingerprint density at radius 1 is 1.20 bits per heavy atom. The summed E-state index contributed by atoms with van der Waals surface area (Å²) in [5.74, 6) is 0.620. The molecule has 2 nitrogen and oxygen atoms in total. The van der Waals surface area contributed by atoms with E-state index >= 15 is 0 Å². The van der Waals surface area contributed by atoms with E-state index in [0.717, 1.165) is 19.5 Å². The Balaban J connectivity index is 2.09. The van der Waals surface area contributed by atoms with Gasteiger partial charge in [-0.05, 0) is 24.9 Å². The molecule has 2 rings (SSSR count). The molecule has 1 heterocycles. The lowest BCUT2D eigenvalue weighted by molar-refractivity contribution is 0.0318. The number of benzene rings is 1.